The van der Waals surface area contributed by atoms with Crippen molar-refractivity contribution < 1.29 is 18.3 Å². The zero-order chi connectivity index (χ0) is 15.7. The van der Waals surface area contributed by atoms with Crippen molar-refractivity contribution in [2.75, 3.05) is 20.3 Å². The van der Waals surface area contributed by atoms with Crippen LogP contribution in [0.1, 0.15) is 25.8 Å². The molecular weight excluding hydrogens is 276 g/mol. The molecule has 0 bridgehead atoms. The molecule has 0 spiro atoms. The summed E-state index contributed by atoms with van der Waals surface area (Å²) < 4.78 is 33.5. The molecule has 0 fully saturated rings. The van der Waals surface area contributed by atoms with Crippen LogP contribution in [-0.4, -0.2) is 32.9 Å². The summed E-state index contributed by atoms with van der Waals surface area (Å²) in [7, 11) is 1.71. The van der Waals surface area contributed by atoms with Gasteiger partial charge < -0.3 is 14.8 Å². The molecule has 21 heavy (non-hydrogen) atoms. The van der Waals surface area contributed by atoms with E-state index < -0.39 is 6.61 Å². The second kappa shape index (κ2) is 9.68. The van der Waals surface area contributed by atoms with Crippen molar-refractivity contribution in [2.24, 2.45) is 5.92 Å². The van der Waals surface area contributed by atoms with E-state index >= 15 is 0 Å². The lowest BCUT2D eigenvalue weighted by atomic mass is 10.1. The number of ether oxygens (including phenoxy) is 2. The third-order valence-electron chi connectivity index (χ3n) is 3.28. The first-order chi connectivity index (χ1) is 10.0. The minimum atomic E-state index is -2.77. The van der Waals surface area contributed by atoms with Crippen molar-refractivity contribution in [3.8, 4) is 5.75 Å². The van der Waals surface area contributed by atoms with E-state index in [0.29, 0.717) is 12.0 Å². The van der Waals surface area contributed by atoms with Crippen LogP contribution in [0.5, 0.6) is 5.75 Å². The Morgan fingerprint density at radius 1 is 1.14 bits per heavy atom. The molecule has 0 amide bonds. The van der Waals surface area contributed by atoms with Gasteiger partial charge in [-0.1, -0.05) is 19.1 Å². The number of hydrogen-bond acceptors (Lipinski definition) is 3. The molecule has 0 aliphatic heterocycles. The molecule has 0 saturated carbocycles. The maximum atomic E-state index is 12.0. The molecule has 3 nitrogen and oxygen atoms in total. The van der Waals surface area contributed by atoms with Gasteiger partial charge in [0.2, 0.25) is 0 Å². The molecule has 0 aromatic heterocycles. The van der Waals surface area contributed by atoms with Crippen LogP contribution < -0.4 is 10.1 Å². The first kappa shape index (κ1) is 17.9. The van der Waals surface area contributed by atoms with E-state index in [1.807, 2.05) is 12.1 Å². The second-order valence-electron chi connectivity index (χ2n) is 5.43. The number of alkyl halides is 2. The van der Waals surface area contributed by atoms with Gasteiger partial charge in [0.05, 0.1) is 0 Å². The van der Waals surface area contributed by atoms with E-state index in [1.54, 1.807) is 19.2 Å². The van der Waals surface area contributed by atoms with Crippen LogP contribution in [0.3, 0.4) is 0 Å². The van der Waals surface area contributed by atoms with Crippen molar-refractivity contribution in [1.82, 2.24) is 5.32 Å². The Kier molecular flexibility index (Phi) is 8.23. The predicted molar refractivity (Wildman–Crippen MR) is 79.9 cm³/mol. The van der Waals surface area contributed by atoms with Gasteiger partial charge in [-0.2, -0.15) is 8.78 Å². The first-order valence-corrected chi connectivity index (χ1v) is 7.27. The van der Waals surface area contributed by atoms with Gasteiger partial charge in [-0.15, -0.1) is 0 Å². The minimum absolute atomic E-state index is 0.202. The Bertz CT molecular complexity index is 384. The zero-order valence-corrected chi connectivity index (χ0v) is 12.9. The average molecular weight is 301 g/mol. The van der Waals surface area contributed by atoms with E-state index in [2.05, 4.69) is 23.9 Å². The standard InChI is InChI=1S/C16H25F2NO2/c1-12(11-20-3)10-19-13(2)4-5-14-6-8-15(9-7-14)21-16(17)18/h6-9,12-13,16,19H,4-5,10-11H2,1-3H3. The molecule has 120 valence electrons. The molecule has 0 aliphatic rings. The summed E-state index contributed by atoms with van der Waals surface area (Å²) in [5.74, 6) is 0.691. The third kappa shape index (κ3) is 7.97. The third-order valence-corrected chi connectivity index (χ3v) is 3.28. The Morgan fingerprint density at radius 3 is 2.38 bits per heavy atom. The highest BCUT2D eigenvalue weighted by Crippen LogP contribution is 2.16. The molecular formula is C16H25F2NO2. The fourth-order valence-corrected chi connectivity index (χ4v) is 2.07. The Labute approximate surface area is 125 Å². The summed E-state index contributed by atoms with van der Waals surface area (Å²) in [6.45, 7) is 3.20. The lowest BCUT2D eigenvalue weighted by molar-refractivity contribution is -0.0498. The van der Waals surface area contributed by atoms with Crippen molar-refractivity contribution in [2.45, 2.75) is 39.3 Å². The molecule has 1 aromatic rings. The van der Waals surface area contributed by atoms with E-state index in [1.165, 1.54) is 0 Å². The van der Waals surface area contributed by atoms with Gasteiger partial charge >= 0.3 is 6.61 Å². The molecule has 0 heterocycles. The number of aryl methyl sites for hydroxylation is 1. The summed E-state index contributed by atoms with van der Waals surface area (Å²) in [4.78, 5) is 0. The normalized spacial score (nSPS) is 14.2. The average Bonchev–Trinajstić information content (AvgIpc) is 2.44. The number of benzene rings is 1. The van der Waals surface area contributed by atoms with E-state index in [9.17, 15) is 8.78 Å². The predicted octanol–water partition coefficient (Wildman–Crippen LogP) is 3.48. The topological polar surface area (TPSA) is 30.5 Å². The SMILES string of the molecule is COCC(C)CNC(C)CCc1ccc(OC(F)F)cc1. The van der Waals surface area contributed by atoms with Gasteiger partial charge in [0.25, 0.3) is 0 Å². The highest BCUT2D eigenvalue weighted by molar-refractivity contribution is 5.27. The number of nitrogens with one attached hydrogen (secondary N) is 1. The zero-order valence-electron chi connectivity index (χ0n) is 12.9. The highest BCUT2D eigenvalue weighted by atomic mass is 19.3. The van der Waals surface area contributed by atoms with Crippen LogP contribution in [0.25, 0.3) is 0 Å². The Balaban J connectivity index is 2.27. The van der Waals surface area contributed by atoms with Crippen LogP contribution in [0, 0.1) is 5.92 Å². The number of hydrogen-bond donors (Lipinski definition) is 1. The fourth-order valence-electron chi connectivity index (χ4n) is 2.07. The number of methoxy groups -OCH3 is 1. The van der Waals surface area contributed by atoms with Crippen molar-refractivity contribution in [1.29, 1.82) is 0 Å². The summed E-state index contributed by atoms with van der Waals surface area (Å²) in [6, 6.07) is 7.23. The molecule has 2 atom stereocenters. The first-order valence-electron chi connectivity index (χ1n) is 7.27. The number of rotatable bonds is 10. The van der Waals surface area contributed by atoms with Crippen LogP contribution in [-0.2, 0) is 11.2 Å². The molecule has 0 saturated heterocycles. The molecule has 2 unspecified atom stereocenters. The van der Waals surface area contributed by atoms with E-state index in [-0.39, 0.29) is 5.75 Å². The van der Waals surface area contributed by atoms with Crippen LogP contribution in [0.4, 0.5) is 8.78 Å². The van der Waals surface area contributed by atoms with Gasteiger partial charge in [-0.25, -0.2) is 0 Å². The van der Waals surface area contributed by atoms with E-state index in [4.69, 9.17) is 4.74 Å². The summed E-state index contributed by atoms with van der Waals surface area (Å²) >= 11 is 0. The van der Waals surface area contributed by atoms with Gasteiger partial charge in [0, 0.05) is 26.3 Å². The largest absolute Gasteiger partial charge is 0.435 e. The Morgan fingerprint density at radius 2 is 1.81 bits per heavy atom. The van der Waals surface area contributed by atoms with Crippen molar-refractivity contribution in [3.63, 3.8) is 0 Å². The fraction of sp³-hybridized carbons (Fsp3) is 0.625. The van der Waals surface area contributed by atoms with Gasteiger partial charge in [-0.05, 0) is 43.4 Å². The van der Waals surface area contributed by atoms with Crippen LogP contribution in [0.15, 0.2) is 24.3 Å². The molecule has 1 rings (SSSR count). The van der Waals surface area contributed by atoms with Gasteiger partial charge in [0.15, 0.2) is 0 Å². The van der Waals surface area contributed by atoms with Crippen molar-refractivity contribution in [3.05, 3.63) is 29.8 Å². The molecule has 1 aromatic carbocycles. The minimum Gasteiger partial charge on any atom is -0.435 e. The molecule has 0 aliphatic carbocycles. The van der Waals surface area contributed by atoms with Crippen LogP contribution >= 0.6 is 0 Å². The number of halogens is 2. The van der Waals surface area contributed by atoms with Crippen molar-refractivity contribution >= 4 is 0 Å². The van der Waals surface area contributed by atoms with Gasteiger partial charge in [-0.3, -0.25) is 0 Å². The van der Waals surface area contributed by atoms with Gasteiger partial charge in [0.1, 0.15) is 5.75 Å². The van der Waals surface area contributed by atoms with Crippen LogP contribution in [0.2, 0.25) is 0 Å². The Hall–Kier alpha value is -1.20. The lowest BCUT2D eigenvalue weighted by Crippen LogP contribution is -2.32. The quantitative estimate of drug-likeness (QED) is 0.717. The molecule has 1 N–H and O–H groups in total. The smallest absolute Gasteiger partial charge is 0.387 e. The monoisotopic (exact) mass is 301 g/mol. The second-order valence-corrected chi connectivity index (χ2v) is 5.43. The lowest BCUT2D eigenvalue weighted by Gasteiger charge is -2.17. The maximum Gasteiger partial charge on any atom is 0.387 e. The molecule has 0 radical (unpaired) electrons. The maximum absolute atomic E-state index is 12.0. The van der Waals surface area contributed by atoms with E-state index in [0.717, 1.165) is 31.6 Å². The molecule has 5 heteroatoms. The summed E-state index contributed by atoms with van der Waals surface area (Å²) in [5, 5.41) is 3.47. The highest BCUT2D eigenvalue weighted by Gasteiger charge is 2.07. The summed E-state index contributed by atoms with van der Waals surface area (Å²) in [6.07, 6.45) is 1.90. The summed E-state index contributed by atoms with van der Waals surface area (Å²) in [5.41, 5.74) is 1.12.